The Morgan fingerprint density at radius 1 is 1.27 bits per heavy atom. The first-order valence-corrected chi connectivity index (χ1v) is 9.02. The maximum atomic E-state index is 12.0. The zero-order chi connectivity index (χ0) is 19.4. The normalized spacial score (nSPS) is 41.0. The number of hydrogen-bond acceptors (Lipinski definition) is 9. The number of rotatable bonds is 6. The number of carbonyl (C=O) groups excluding carboxylic acids is 1. The summed E-state index contributed by atoms with van der Waals surface area (Å²) in [5, 5.41) is 10.9. The molecular formula is C16H33N5O5. The molecule has 1 saturated heterocycles. The van der Waals surface area contributed by atoms with Crippen molar-refractivity contribution in [1.82, 2.24) is 4.90 Å². The Morgan fingerprint density at radius 2 is 1.96 bits per heavy atom. The molecule has 1 amide bonds. The van der Waals surface area contributed by atoms with Crippen LogP contribution in [0.5, 0.6) is 0 Å². The SMILES string of the molecule is CO[C@@H]1C[C@@H](N)[C@H](O[C@H]2O[C@H](CN)CC[C@H]2N)[C@@H](O)[C@H]1N(C)C(=O)CN. The first-order valence-electron chi connectivity index (χ1n) is 9.02. The van der Waals surface area contributed by atoms with E-state index >= 15 is 0 Å². The second-order valence-corrected chi connectivity index (χ2v) is 7.07. The number of carbonyl (C=O) groups is 1. The largest absolute Gasteiger partial charge is 0.388 e. The van der Waals surface area contributed by atoms with Crippen molar-refractivity contribution in [2.75, 3.05) is 27.2 Å². The highest BCUT2D eigenvalue weighted by molar-refractivity contribution is 5.78. The van der Waals surface area contributed by atoms with Gasteiger partial charge in [-0.2, -0.15) is 0 Å². The van der Waals surface area contributed by atoms with Crippen LogP contribution in [0.3, 0.4) is 0 Å². The lowest BCUT2D eigenvalue weighted by Crippen LogP contribution is -2.67. The van der Waals surface area contributed by atoms with Gasteiger partial charge in [0.25, 0.3) is 0 Å². The zero-order valence-corrected chi connectivity index (χ0v) is 15.5. The molecular weight excluding hydrogens is 342 g/mol. The van der Waals surface area contributed by atoms with Crippen LogP contribution in [-0.2, 0) is 19.0 Å². The second-order valence-electron chi connectivity index (χ2n) is 7.07. The van der Waals surface area contributed by atoms with Crippen molar-refractivity contribution in [1.29, 1.82) is 0 Å². The Balaban J connectivity index is 2.15. The number of nitrogens with zero attached hydrogens (tertiary/aromatic N) is 1. The van der Waals surface area contributed by atoms with Gasteiger partial charge in [-0.25, -0.2) is 0 Å². The number of amides is 1. The summed E-state index contributed by atoms with van der Waals surface area (Å²) in [5.74, 6) is -0.306. The molecule has 2 aliphatic rings. The minimum absolute atomic E-state index is 0.138. The van der Waals surface area contributed by atoms with Crippen molar-refractivity contribution in [3.05, 3.63) is 0 Å². The summed E-state index contributed by atoms with van der Waals surface area (Å²) in [6, 6.07) is -1.47. The molecule has 10 heteroatoms. The van der Waals surface area contributed by atoms with Gasteiger partial charge in [0.1, 0.15) is 12.2 Å². The van der Waals surface area contributed by atoms with E-state index < -0.39 is 36.7 Å². The van der Waals surface area contributed by atoms with Gasteiger partial charge in [0, 0.05) is 26.7 Å². The molecule has 0 bridgehead atoms. The van der Waals surface area contributed by atoms with Crippen LogP contribution in [-0.4, -0.2) is 92.0 Å². The second kappa shape index (κ2) is 9.38. The molecule has 8 atom stereocenters. The highest BCUT2D eigenvalue weighted by Crippen LogP contribution is 2.30. The first kappa shape index (κ1) is 21.5. The monoisotopic (exact) mass is 375 g/mol. The van der Waals surface area contributed by atoms with E-state index in [9.17, 15) is 9.90 Å². The van der Waals surface area contributed by atoms with Crippen molar-refractivity contribution >= 4 is 5.91 Å². The van der Waals surface area contributed by atoms with E-state index in [2.05, 4.69) is 0 Å². The van der Waals surface area contributed by atoms with Crippen molar-refractivity contribution in [3.63, 3.8) is 0 Å². The average Bonchev–Trinajstić information content (AvgIpc) is 2.64. The van der Waals surface area contributed by atoms with Gasteiger partial charge in [-0.3, -0.25) is 4.79 Å². The number of nitrogens with two attached hydrogens (primary N) is 4. The zero-order valence-electron chi connectivity index (χ0n) is 15.5. The minimum atomic E-state index is -1.07. The van der Waals surface area contributed by atoms with Gasteiger partial charge >= 0.3 is 0 Å². The summed E-state index contributed by atoms with van der Waals surface area (Å²) in [4.78, 5) is 13.4. The fraction of sp³-hybridized carbons (Fsp3) is 0.938. The molecule has 0 spiro atoms. The van der Waals surface area contributed by atoms with Crippen LogP contribution < -0.4 is 22.9 Å². The molecule has 152 valence electrons. The number of methoxy groups -OCH3 is 1. The number of ether oxygens (including phenoxy) is 3. The summed E-state index contributed by atoms with van der Waals surface area (Å²) in [7, 11) is 3.10. The van der Waals surface area contributed by atoms with Crippen LogP contribution in [0.4, 0.5) is 0 Å². The summed E-state index contributed by atoms with van der Waals surface area (Å²) in [6.45, 7) is 0.205. The van der Waals surface area contributed by atoms with E-state index in [4.69, 9.17) is 37.1 Å². The predicted molar refractivity (Wildman–Crippen MR) is 94.8 cm³/mol. The van der Waals surface area contributed by atoms with Gasteiger partial charge in [0.05, 0.1) is 30.8 Å². The lowest BCUT2D eigenvalue weighted by molar-refractivity contribution is -0.253. The molecule has 1 aliphatic carbocycles. The third-order valence-electron chi connectivity index (χ3n) is 5.36. The van der Waals surface area contributed by atoms with E-state index in [1.54, 1.807) is 7.05 Å². The van der Waals surface area contributed by atoms with Crippen LogP contribution >= 0.6 is 0 Å². The van der Waals surface area contributed by atoms with E-state index in [1.807, 2.05) is 0 Å². The molecule has 26 heavy (non-hydrogen) atoms. The molecule has 2 rings (SSSR count). The predicted octanol–water partition coefficient (Wildman–Crippen LogP) is -2.94. The highest BCUT2D eigenvalue weighted by Gasteiger charge is 2.48. The lowest BCUT2D eigenvalue weighted by atomic mass is 9.83. The molecule has 1 saturated carbocycles. The maximum absolute atomic E-state index is 12.0. The number of hydrogen-bond donors (Lipinski definition) is 5. The smallest absolute Gasteiger partial charge is 0.236 e. The Kier molecular flexibility index (Phi) is 7.74. The molecule has 2 fully saturated rings. The molecule has 0 radical (unpaired) electrons. The van der Waals surface area contributed by atoms with Crippen molar-refractivity contribution in [2.24, 2.45) is 22.9 Å². The van der Waals surface area contributed by atoms with Gasteiger partial charge in [-0.05, 0) is 19.3 Å². The van der Waals surface area contributed by atoms with Crippen molar-refractivity contribution < 1.29 is 24.1 Å². The van der Waals surface area contributed by atoms with Gasteiger partial charge in [0.15, 0.2) is 6.29 Å². The Hall–Kier alpha value is -0.850. The Labute approximate surface area is 154 Å². The Morgan fingerprint density at radius 3 is 2.54 bits per heavy atom. The summed E-state index contributed by atoms with van der Waals surface area (Å²) < 4.78 is 17.2. The molecule has 1 aliphatic heterocycles. The minimum Gasteiger partial charge on any atom is -0.388 e. The van der Waals surface area contributed by atoms with E-state index in [-0.39, 0.29) is 24.6 Å². The molecule has 0 unspecified atom stereocenters. The summed E-state index contributed by atoms with van der Waals surface area (Å²) >= 11 is 0. The van der Waals surface area contributed by atoms with E-state index in [0.717, 1.165) is 6.42 Å². The molecule has 0 aromatic rings. The third-order valence-corrected chi connectivity index (χ3v) is 5.36. The van der Waals surface area contributed by atoms with Crippen LogP contribution in [0, 0.1) is 0 Å². The fourth-order valence-corrected chi connectivity index (χ4v) is 3.75. The summed E-state index contributed by atoms with van der Waals surface area (Å²) in [5.41, 5.74) is 23.5. The number of aliphatic hydroxyl groups is 1. The Bertz CT molecular complexity index is 470. The van der Waals surface area contributed by atoms with Crippen LogP contribution in [0.25, 0.3) is 0 Å². The molecule has 1 heterocycles. The van der Waals surface area contributed by atoms with Crippen LogP contribution in [0.2, 0.25) is 0 Å². The van der Waals surface area contributed by atoms with Gasteiger partial charge in [-0.1, -0.05) is 0 Å². The fourth-order valence-electron chi connectivity index (χ4n) is 3.75. The molecule has 0 aromatic carbocycles. The van der Waals surface area contributed by atoms with Crippen molar-refractivity contribution in [2.45, 2.75) is 68.1 Å². The highest BCUT2D eigenvalue weighted by atomic mass is 16.7. The topological polar surface area (TPSA) is 172 Å². The molecule has 10 nitrogen and oxygen atoms in total. The maximum Gasteiger partial charge on any atom is 0.236 e. The lowest BCUT2D eigenvalue weighted by Gasteiger charge is -2.48. The third kappa shape index (κ3) is 4.52. The van der Waals surface area contributed by atoms with Gasteiger partial charge < -0.3 is 47.2 Å². The summed E-state index contributed by atoms with van der Waals surface area (Å²) in [6.07, 6.45) is -1.23. The van der Waals surface area contributed by atoms with E-state index in [1.165, 1.54) is 12.0 Å². The molecule has 9 N–H and O–H groups in total. The molecule has 0 aromatic heterocycles. The van der Waals surface area contributed by atoms with Gasteiger partial charge in [-0.15, -0.1) is 0 Å². The number of likely N-dealkylation sites (N-methyl/N-ethyl adjacent to an activating group) is 1. The van der Waals surface area contributed by atoms with Gasteiger partial charge in [0.2, 0.25) is 5.91 Å². The average molecular weight is 375 g/mol. The van der Waals surface area contributed by atoms with Crippen LogP contribution in [0.15, 0.2) is 0 Å². The first-order chi connectivity index (χ1) is 12.3. The standard InChI is InChI=1S/C16H33N5O5/c1-21(12(22)7-18)13-11(24-2)5-10(20)15(14(13)23)26-16-9(19)4-3-8(6-17)25-16/h8-11,13-16,23H,3-7,17-20H2,1-2H3/t8-,9+,10+,11+,13-,14-,15-,16+/m0/s1. The van der Waals surface area contributed by atoms with Crippen molar-refractivity contribution in [3.8, 4) is 0 Å². The van der Waals surface area contributed by atoms with E-state index in [0.29, 0.717) is 19.4 Å². The number of aliphatic hydroxyl groups excluding tert-OH is 1. The quantitative estimate of drug-likeness (QED) is 0.325. The van der Waals surface area contributed by atoms with Crippen LogP contribution in [0.1, 0.15) is 19.3 Å².